The number of halogens is 11. The second kappa shape index (κ2) is 38.7. The molecule has 0 atom stereocenters. The number of likely N-dealkylation sites (N-methyl/N-ethyl adjacent to an activating group) is 2. The summed E-state index contributed by atoms with van der Waals surface area (Å²) in [5.74, 6) is -0.119. The number of alkyl halides is 9. The summed E-state index contributed by atoms with van der Waals surface area (Å²) in [6.07, 6.45) is -7.77. The summed E-state index contributed by atoms with van der Waals surface area (Å²) in [7, 11) is 3.88. The second-order valence-electron chi connectivity index (χ2n) is 39.5. The Morgan fingerprint density at radius 3 is 1.42 bits per heavy atom. The number of benzene rings is 4. The standard InChI is InChI=1S/C27H34F3N3O3.C26H35N3O3.C25H29ClF3N3O3.C23H27ClF3N3O2.2H2/c1-17-13-18(7-8-20(17)25(4,5)36)23(35)32-11-9-26(10-12-32)21-14-19(22(34)27(28,29)30)15-33(21)24(2,3)16-31(26)6;1-17(2)32-22-9-7-20(15-18(22)3)24(31)28-13-11-26(12-14-28)23-10-8-21(19(4)30)29(23)16-25(5,6)27-26;1-4-22(33)32-14-13-31-20(7-8-21(31)25(27,28)29)24(32)9-11-30(12-10-24)23(34)17-5-6-19(18(26)15-17)35-16(2)3;1-4-32-18-6-5-16(13-15(18)2)21(31)29-9-7-22(8-10-29)20-17(24)14-19(23(25,26)27)30(20)12-11-28(22)3;;/h7-8,13-15,36H,9-12,16H2,1-6H3;7-10,15,17,27H,11-14,16H2,1-6H3;5-8,15-16H,4,9-14H2,1-3H3;5-6,13-14H,4,7-12H2,1-3H3;2*1H. The molecular weight excluding hydrogens is 1800 g/mol. The number of carbonyl (C=O) groups is 7. The Morgan fingerprint density at radius 2 is 0.948 bits per heavy atom. The number of carbonyl (C=O) groups excluding carboxylic acids is 7. The van der Waals surface area contributed by atoms with Gasteiger partial charge < -0.3 is 62.1 Å². The summed E-state index contributed by atoms with van der Waals surface area (Å²) in [5.41, 5.74) is 3.64. The molecule has 0 aliphatic carbocycles. The third kappa shape index (κ3) is 20.6. The lowest BCUT2D eigenvalue weighted by atomic mass is 9.78. The molecule has 736 valence electrons. The van der Waals surface area contributed by atoms with Crippen LogP contribution in [0, 0.1) is 20.8 Å². The highest BCUT2D eigenvalue weighted by Gasteiger charge is 2.55. The van der Waals surface area contributed by atoms with E-state index in [0.717, 1.165) is 71.0 Å². The maximum atomic E-state index is 13.6. The predicted octanol–water partition coefficient (Wildman–Crippen LogP) is 19.6. The van der Waals surface area contributed by atoms with Gasteiger partial charge in [0.05, 0.1) is 73.5 Å². The van der Waals surface area contributed by atoms with E-state index in [-0.39, 0.29) is 98.1 Å². The summed E-state index contributed by atoms with van der Waals surface area (Å²) in [5, 5.41) is 14.7. The van der Waals surface area contributed by atoms with Crippen molar-refractivity contribution in [3.8, 4) is 17.2 Å². The number of Topliss-reactive ketones (excluding diaryl/α,β-unsaturated/α-hetero) is 2. The Hall–Kier alpha value is -10.1. The van der Waals surface area contributed by atoms with Crippen molar-refractivity contribution in [2.24, 2.45) is 0 Å². The molecule has 5 amide bonds. The fourth-order valence-electron chi connectivity index (χ4n) is 21.7. The zero-order chi connectivity index (χ0) is 98.9. The van der Waals surface area contributed by atoms with E-state index in [0.29, 0.717) is 161 Å². The number of hydrogen-bond donors (Lipinski definition) is 2. The maximum Gasteiger partial charge on any atom is 0.454 e. The van der Waals surface area contributed by atoms with Crippen molar-refractivity contribution < 1.29 is 95.2 Å². The van der Waals surface area contributed by atoms with Crippen LogP contribution in [0.2, 0.25) is 10.0 Å². The van der Waals surface area contributed by atoms with Crippen molar-refractivity contribution in [3.63, 3.8) is 0 Å². The van der Waals surface area contributed by atoms with Gasteiger partial charge in [-0.1, -0.05) is 36.2 Å². The van der Waals surface area contributed by atoms with Crippen molar-refractivity contribution in [1.29, 1.82) is 0 Å². The molecule has 23 nitrogen and oxygen atoms in total. The van der Waals surface area contributed by atoms with Crippen LogP contribution in [-0.4, -0.2) is 215 Å². The minimum atomic E-state index is -4.94. The molecule has 4 spiro atoms. The topological polar surface area (TPSA) is 222 Å². The van der Waals surface area contributed by atoms with E-state index >= 15 is 0 Å². The van der Waals surface area contributed by atoms with Gasteiger partial charge in [0.15, 0.2) is 5.78 Å². The monoisotopic (exact) mass is 1930 g/mol. The fraction of sp³-hybridized carbons (Fsp3) is 0.535. The average Bonchev–Trinajstić information content (AvgIpc) is 1.60. The molecule has 0 bridgehead atoms. The predicted molar refractivity (Wildman–Crippen MR) is 501 cm³/mol. The number of ether oxygens (including phenoxy) is 3. The Balaban J connectivity index is 0.000000175. The lowest BCUT2D eigenvalue weighted by Gasteiger charge is -2.54. The smallest absolute Gasteiger partial charge is 0.454 e. The number of rotatable bonds is 14. The SMILES string of the molecule is CC(=O)c1ccc2n1CC(C)(C)NC21CCN(C(=O)c2ccc(OC(C)C)c(C)c2)CC1.CCC(=O)N1CCn2c(C(F)(F)F)ccc2C12CCN(C(=O)c1ccc(OC(C)C)c(Cl)c1)CC2.CCOc1ccc(C(=O)N2CCC3(CC2)c2c(Cl)cc(C(F)(F)F)n2CCN3C)cc1C.Cc1cc(C(=O)N2CCC3(CC2)c2cc(C(=O)C(F)(F)F)cn2C(C)(C)CN3C)ccc1C(C)(C)O.[HH].[HH]. The van der Waals surface area contributed by atoms with E-state index < -0.39 is 63.5 Å². The van der Waals surface area contributed by atoms with E-state index in [9.17, 15) is 78.2 Å². The van der Waals surface area contributed by atoms with E-state index in [2.05, 4.69) is 39.6 Å². The maximum absolute atomic E-state index is 13.6. The summed E-state index contributed by atoms with van der Waals surface area (Å²) in [6, 6.07) is 30.3. The first-order valence-electron chi connectivity index (χ1n) is 46.3. The largest absolute Gasteiger partial charge is 0.494 e. The average molecular weight is 1930 g/mol. The highest BCUT2D eigenvalue weighted by atomic mass is 35.5. The first kappa shape index (κ1) is 102. The Morgan fingerprint density at radius 1 is 0.481 bits per heavy atom. The van der Waals surface area contributed by atoms with Gasteiger partial charge >= 0.3 is 18.5 Å². The normalized spacial score (nSPS) is 18.8. The molecule has 4 saturated heterocycles. The third-order valence-corrected chi connectivity index (χ3v) is 28.7. The second-order valence-corrected chi connectivity index (χ2v) is 40.3. The Labute approximate surface area is 796 Å². The van der Waals surface area contributed by atoms with Crippen LogP contribution in [0.3, 0.4) is 0 Å². The van der Waals surface area contributed by atoms with Crippen molar-refractivity contribution in [3.05, 3.63) is 215 Å². The van der Waals surface area contributed by atoms with E-state index in [4.69, 9.17) is 37.4 Å². The van der Waals surface area contributed by atoms with Gasteiger partial charge in [-0.25, -0.2) is 0 Å². The van der Waals surface area contributed by atoms with E-state index in [1.54, 1.807) is 95.8 Å². The van der Waals surface area contributed by atoms with Gasteiger partial charge in [-0.15, -0.1) is 0 Å². The quantitative estimate of drug-likeness (QED) is 0.0764. The number of ketones is 2. The number of aryl methyl sites for hydroxylation is 3. The van der Waals surface area contributed by atoms with Gasteiger partial charge in [0.2, 0.25) is 5.91 Å². The van der Waals surface area contributed by atoms with Crippen molar-refractivity contribution in [1.82, 2.24) is 57.9 Å². The van der Waals surface area contributed by atoms with Gasteiger partial charge in [0.1, 0.15) is 28.6 Å². The van der Waals surface area contributed by atoms with Gasteiger partial charge in [-0.05, 0) is 288 Å². The molecule has 0 unspecified atom stereocenters. The van der Waals surface area contributed by atoms with Crippen LogP contribution < -0.4 is 19.5 Å². The zero-order valence-corrected chi connectivity index (χ0v) is 81.7. The number of aliphatic hydroxyl groups is 1. The van der Waals surface area contributed by atoms with Crippen molar-refractivity contribution >= 4 is 64.3 Å². The minimum Gasteiger partial charge on any atom is -0.494 e. The molecule has 0 saturated carbocycles. The van der Waals surface area contributed by atoms with Gasteiger partial charge in [-0.2, -0.15) is 39.5 Å². The number of nitrogens with one attached hydrogen (secondary N) is 1. The van der Waals surface area contributed by atoms with Crippen LogP contribution in [0.1, 0.15) is 269 Å². The molecule has 16 rings (SSSR count). The summed E-state index contributed by atoms with van der Waals surface area (Å²) in [4.78, 5) is 103. The minimum absolute atomic E-state index is 0. The summed E-state index contributed by atoms with van der Waals surface area (Å²) >= 11 is 12.7. The molecule has 4 aromatic carbocycles. The van der Waals surface area contributed by atoms with Crippen LogP contribution in [-0.2, 0) is 70.1 Å². The number of aromatic nitrogens is 4. The first-order chi connectivity index (χ1) is 63.0. The third-order valence-electron chi connectivity index (χ3n) is 28.1. The molecular formula is C101H129Cl2F9N12O11. The molecule has 12 heterocycles. The number of likely N-dealkylation sites (tertiary alicyclic amines) is 4. The lowest BCUT2D eigenvalue weighted by Crippen LogP contribution is -2.63. The highest BCUT2D eigenvalue weighted by Crippen LogP contribution is 2.52. The van der Waals surface area contributed by atoms with Crippen LogP contribution in [0.4, 0.5) is 39.5 Å². The number of hydrogen-bond acceptors (Lipinski definition) is 14. The van der Waals surface area contributed by atoms with Crippen molar-refractivity contribution in [2.45, 2.75) is 258 Å². The molecule has 4 aromatic heterocycles. The van der Waals surface area contributed by atoms with Gasteiger partial charge in [0.25, 0.3) is 29.4 Å². The van der Waals surface area contributed by atoms with Crippen LogP contribution in [0.5, 0.6) is 17.2 Å². The number of fused-ring (bicyclic) bond motifs is 8. The van der Waals surface area contributed by atoms with Gasteiger partial charge in [0, 0.05) is 164 Å². The first-order valence-corrected chi connectivity index (χ1v) is 47.1. The molecule has 8 aliphatic rings. The van der Waals surface area contributed by atoms with E-state index in [1.807, 2.05) is 123 Å². The number of amides is 5. The molecule has 4 fully saturated rings. The molecule has 34 heteroatoms. The lowest BCUT2D eigenvalue weighted by molar-refractivity contribution is -0.148. The summed E-state index contributed by atoms with van der Waals surface area (Å²) in [6.45, 7) is 37.1. The van der Waals surface area contributed by atoms with Gasteiger partial charge in [-0.3, -0.25) is 48.7 Å². The van der Waals surface area contributed by atoms with Crippen LogP contribution >= 0.6 is 23.2 Å². The number of nitrogens with zero attached hydrogens (tertiary/aromatic N) is 11. The van der Waals surface area contributed by atoms with Crippen LogP contribution in [0.25, 0.3) is 0 Å². The Bertz CT molecular complexity index is 5800. The Kier molecular flexibility index (Phi) is 29.3. The van der Waals surface area contributed by atoms with Crippen LogP contribution in [0.15, 0.2) is 115 Å². The molecule has 8 aliphatic heterocycles. The fourth-order valence-corrected chi connectivity index (χ4v) is 22.3. The van der Waals surface area contributed by atoms with Crippen molar-refractivity contribution in [2.75, 3.05) is 92.7 Å². The number of piperidine rings is 4. The zero-order valence-electron chi connectivity index (χ0n) is 80.2. The van der Waals surface area contributed by atoms with E-state index in [1.165, 1.54) is 33.2 Å². The molecule has 2 N–H and O–H groups in total. The molecule has 135 heavy (non-hydrogen) atoms. The highest BCUT2D eigenvalue weighted by molar-refractivity contribution is 6.32. The molecule has 0 radical (unpaired) electrons. The summed E-state index contributed by atoms with van der Waals surface area (Å²) < 4.78 is 145. The molecule has 8 aromatic rings.